The van der Waals surface area contributed by atoms with E-state index in [1.54, 1.807) is 6.20 Å². The molecule has 42 heavy (non-hydrogen) atoms. The highest BCUT2D eigenvalue weighted by atomic mass is 16.5. The molecule has 222 valence electrons. The van der Waals surface area contributed by atoms with Crippen LogP contribution in [0.3, 0.4) is 0 Å². The van der Waals surface area contributed by atoms with E-state index >= 15 is 0 Å². The number of fused-ring (bicyclic) bond motifs is 2. The first-order valence-corrected chi connectivity index (χ1v) is 14.7. The Labute approximate surface area is 246 Å². The Morgan fingerprint density at radius 3 is 2.93 bits per heavy atom. The first-order chi connectivity index (χ1) is 20.5. The number of pyridine rings is 2. The molecule has 11 heteroatoms. The molecule has 0 saturated carbocycles. The molecule has 0 amide bonds. The summed E-state index contributed by atoms with van der Waals surface area (Å²) >= 11 is 0. The lowest BCUT2D eigenvalue weighted by Crippen LogP contribution is -2.37. The number of carboxylic acids is 1. The Hall–Kier alpha value is -4.25. The van der Waals surface area contributed by atoms with Crippen LogP contribution in [-0.4, -0.2) is 79.3 Å². The van der Waals surface area contributed by atoms with Crippen molar-refractivity contribution in [3.05, 3.63) is 66.0 Å². The van der Waals surface area contributed by atoms with E-state index in [0.717, 1.165) is 79.2 Å². The average Bonchev–Trinajstić information content (AvgIpc) is 3.38. The van der Waals surface area contributed by atoms with Gasteiger partial charge in [-0.05, 0) is 81.8 Å². The van der Waals surface area contributed by atoms with Crippen molar-refractivity contribution >= 4 is 28.6 Å². The number of nitrogens with zero attached hydrogens (tertiary/aromatic N) is 6. The molecule has 1 aliphatic heterocycles. The molecular weight excluding hydrogens is 532 g/mol. The van der Waals surface area contributed by atoms with Crippen LogP contribution in [0.2, 0.25) is 0 Å². The fraction of sp³-hybridized carbons (Fsp3) is 0.452. The highest BCUT2D eigenvalue weighted by Gasteiger charge is 2.21. The minimum absolute atomic E-state index is 0.414. The Morgan fingerprint density at radius 1 is 1.17 bits per heavy atom. The SMILES string of the molecule is Cc1ncccc1OCCN(CCCCc1ccc2c(n1)NCCC2)CC[C@H](Nc1ncnc2c1ccn2C)C(=O)O. The van der Waals surface area contributed by atoms with Gasteiger partial charge in [0, 0.05) is 44.8 Å². The van der Waals surface area contributed by atoms with Gasteiger partial charge in [0.1, 0.15) is 42.0 Å². The van der Waals surface area contributed by atoms with E-state index in [1.807, 2.05) is 42.9 Å². The van der Waals surface area contributed by atoms with E-state index in [2.05, 4.69) is 42.6 Å². The number of ether oxygens (including phenoxy) is 1. The Kier molecular flexibility index (Phi) is 9.81. The van der Waals surface area contributed by atoms with Crippen molar-refractivity contribution in [3.63, 3.8) is 0 Å². The van der Waals surface area contributed by atoms with Gasteiger partial charge < -0.3 is 25.0 Å². The number of aryl methyl sites for hydroxylation is 4. The van der Waals surface area contributed by atoms with Gasteiger partial charge in [0.25, 0.3) is 0 Å². The number of hydrogen-bond donors (Lipinski definition) is 3. The summed E-state index contributed by atoms with van der Waals surface area (Å²) in [5.41, 5.74) is 4.02. The van der Waals surface area contributed by atoms with Crippen LogP contribution < -0.4 is 15.4 Å². The molecule has 0 aliphatic carbocycles. The van der Waals surface area contributed by atoms with Gasteiger partial charge in [0.05, 0.1) is 11.1 Å². The van der Waals surface area contributed by atoms with Crippen molar-refractivity contribution in [3.8, 4) is 5.75 Å². The second kappa shape index (κ2) is 14.1. The normalized spacial score (nSPS) is 13.5. The third-order valence-electron chi connectivity index (χ3n) is 7.74. The van der Waals surface area contributed by atoms with Crippen molar-refractivity contribution in [2.75, 3.05) is 43.4 Å². The maximum absolute atomic E-state index is 12.2. The van der Waals surface area contributed by atoms with E-state index < -0.39 is 12.0 Å². The Balaban J connectivity index is 1.18. The number of rotatable bonds is 15. The molecule has 0 unspecified atom stereocenters. The standard InChI is InChI=1S/C31H40N8O3/c1-22-27(9-6-14-32-22)42-20-19-39(16-4-3-8-24-11-10-23-7-5-15-33-28(23)36-24)18-13-26(31(40)41)37-29-25-12-17-38(2)30(25)35-21-34-29/h6,9-12,14,17,21,26H,3-5,7-8,13,15-16,18-20H2,1-2H3,(H,33,36)(H,40,41)(H,34,35,37)/t26-/m0/s1. The second-order valence-electron chi connectivity index (χ2n) is 10.8. The van der Waals surface area contributed by atoms with Gasteiger partial charge in [-0.1, -0.05) is 6.07 Å². The van der Waals surface area contributed by atoms with Crippen LogP contribution in [0.15, 0.2) is 49.1 Å². The molecular formula is C31H40N8O3. The number of nitrogens with one attached hydrogen (secondary N) is 2. The van der Waals surface area contributed by atoms with E-state index in [-0.39, 0.29) is 0 Å². The molecule has 1 atom stereocenters. The molecule has 0 spiro atoms. The molecule has 0 bridgehead atoms. The van der Waals surface area contributed by atoms with Crippen molar-refractivity contribution in [1.82, 2.24) is 29.4 Å². The topological polar surface area (TPSA) is 130 Å². The highest BCUT2D eigenvalue weighted by molar-refractivity contribution is 5.89. The monoisotopic (exact) mass is 572 g/mol. The van der Waals surface area contributed by atoms with Gasteiger partial charge in [-0.15, -0.1) is 0 Å². The molecule has 11 nitrogen and oxygen atoms in total. The molecule has 5 heterocycles. The van der Waals surface area contributed by atoms with Crippen molar-refractivity contribution in [2.45, 2.75) is 51.5 Å². The number of unbranched alkanes of at least 4 members (excludes halogenated alkanes) is 1. The molecule has 0 fully saturated rings. The molecule has 0 radical (unpaired) electrons. The molecule has 0 aromatic carbocycles. The van der Waals surface area contributed by atoms with Gasteiger partial charge in [0.15, 0.2) is 0 Å². The summed E-state index contributed by atoms with van der Waals surface area (Å²) in [5.74, 6) is 1.42. The van der Waals surface area contributed by atoms with Crippen molar-refractivity contribution in [2.24, 2.45) is 7.05 Å². The lowest BCUT2D eigenvalue weighted by molar-refractivity contribution is -0.138. The molecule has 4 aromatic heterocycles. The fourth-order valence-corrected chi connectivity index (χ4v) is 5.32. The predicted molar refractivity (Wildman–Crippen MR) is 163 cm³/mol. The molecule has 0 saturated heterocycles. The van der Waals surface area contributed by atoms with Crippen LogP contribution in [0.1, 0.15) is 42.6 Å². The summed E-state index contributed by atoms with van der Waals surface area (Å²) in [7, 11) is 1.90. The van der Waals surface area contributed by atoms with Crippen LogP contribution in [-0.2, 0) is 24.7 Å². The number of carbonyl (C=O) groups is 1. The first-order valence-electron chi connectivity index (χ1n) is 14.7. The van der Waals surface area contributed by atoms with Gasteiger partial charge in [-0.25, -0.2) is 19.7 Å². The number of anilines is 2. The summed E-state index contributed by atoms with van der Waals surface area (Å²) in [4.78, 5) is 32.3. The van der Waals surface area contributed by atoms with E-state index in [0.29, 0.717) is 31.9 Å². The van der Waals surface area contributed by atoms with E-state index in [1.165, 1.54) is 11.9 Å². The third kappa shape index (κ3) is 7.52. The lowest BCUT2D eigenvalue weighted by Gasteiger charge is -2.25. The minimum Gasteiger partial charge on any atom is -0.490 e. The average molecular weight is 573 g/mol. The van der Waals surface area contributed by atoms with Crippen LogP contribution >= 0.6 is 0 Å². The van der Waals surface area contributed by atoms with Crippen LogP contribution in [0.25, 0.3) is 11.0 Å². The van der Waals surface area contributed by atoms with Gasteiger partial charge in [-0.2, -0.15) is 0 Å². The predicted octanol–water partition coefficient (Wildman–Crippen LogP) is 4.08. The minimum atomic E-state index is -0.910. The van der Waals surface area contributed by atoms with E-state index in [9.17, 15) is 9.90 Å². The highest BCUT2D eigenvalue weighted by Crippen LogP contribution is 2.22. The zero-order valence-electron chi connectivity index (χ0n) is 24.4. The Morgan fingerprint density at radius 2 is 2.07 bits per heavy atom. The van der Waals surface area contributed by atoms with Crippen molar-refractivity contribution in [1.29, 1.82) is 0 Å². The summed E-state index contributed by atoms with van der Waals surface area (Å²) in [6.45, 7) is 5.52. The van der Waals surface area contributed by atoms with Crippen molar-refractivity contribution < 1.29 is 14.6 Å². The molecule has 4 aromatic rings. The first kappa shape index (κ1) is 29.2. The molecule has 5 rings (SSSR count). The van der Waals surface area contributed by atoms with E-state index in [4.69, 9.17) is 9.72 Å². The zero-order chi connectivity index (χ0) is 29.3. The number of aromatic nitrogens is 5. The summed E-state index contributed by atoms with van der Waals surface area (Å²) < 4.78 is 7.91. The largest absolute Gasteiger partial charge is 0.490 e. The van der Waals surface area contributed by atoms with Crippen LogP contribution in [0, 0.1) is 6.92 Å². The maximum Gasteiger partial charge on any atom is 0.326 e. The summed E-state index contributed by atoms with van der Waals surface area (Å²) in [6, 6.07) is 9.24. The fourth-order valence-electron chi connectivity index (χ4n) is 5.32. The van der Waals surface area contributed by atoms with Crippen LogP contribution in [0.4, 0.5) is 11.6 Å². The number of hydrogen-bond acceptors (Lipinski definition) is 9. The number of carboxylic acid groups (broad SMARTS) is 1. The van der Waals surface area contributed by atoms with Gasteiger partial charge in [-0.3, -0.25) is 9.88 Å². The third-order valence-corrected chi connectivity index (χ3v) is 7.74. The second-order valence-corrected chi connectivity index (χ2v) is 10.8. The zero-order valence-corrected chi connectivity index (χ0v) is 24.4. The summed E-state index contributed by atoms with van der Waals surface area (Å²) in [5, 5.41) is 17.4. The summed E-state index contributed by atoms with van der Waals surface area (Å²) in [6.07, 6.45) is 10.6. The molecule has 1 aliphatic rings. The maximum atomic E-state index is 12.2. The van der Waals surface area contributed by atoms with Crippen LogP contribution in [0.5, 0.6) is 5.75 Å². The van der Waals surface area contributed by atoms with Gasteiger partial charge in [0.2, 0.25) is 0 Å². The quantitative estimate of drug-likeness (QED) is 0.179. The lowest BCUT2D eigenvalue weighted by atomic mass is 10.1. The Bertz CT molecular complexity index is 1490. The number of aliphatic carboxylic acids is 1. The molecule has 3 N–H and O–H groups in total. The van der Waals surface area contributed by atoms with Gasteiger partial charge >= 0.3 is 5.97 Å². The smallest absolute Gasteiger partial charge is 0.326 e.